The standard InChI is InChI=1S/C9H11F3O2/c1-6-5-7(14-9(10,11)12)3-4-8(6)13-2/h3-4,6H,5H2,1-2H3. The van der Waals surface area contributed by atoms with Gasteiger partial charge in [-0.25, -0.2) is 0 Å². The van der Waals surface area contributed by atoms with Crippen molar-refractivity contribution in [3.8, 4) is 0 Å². The molecular weight excluding hydrogens is 197 g/mol. The normalized spacial score (nSPS) is 22.5. The highest BCUT2D eigenvalue weighted by atomic mass is 19.4. The second-order valence-corrected chi connectivity index (χ2v) is 3.06. The van der Waals surface area contributed by atoms with Gasteiger partial charge in [0.15, 0.2) is 0 Å². The molecule has 0 fully saturated rings. The van der Waals surface area contributed by atoms with E-state index < -0.39 is 6.36 Å². The number of rotatable bonds is 2. The zero-order chi connectivity index (χ0) is 10.8. The fourth-order valence-corrected chi connectivity index (χ4v) is 1.30. The largest absolute Gasteiger partial charge is 0.572 e. The van der Waals surface area contributed by atoms with Crippen LogP contribution in [0.2, 0.25) is 0 Å². The van der Waals surface area contributed by atoms with Gasteiger partial charge in [0, 0.05) is 12.3 Å². The minimum Gasteiger partial charge on any atom is -0.501 e. The number of ether oxygens (including phenoxy) is 2. The molecule has 5 heteroatoms. The molecule has 1 aliphatic carbocycles. The highest BCUT2D eigenvalue weighted by Gasteiger charge is 2.33. The van der Waals surface area contributed by atoms with Crippen molar-refractivity contribution >= 4 is 0 Å². The van der Waals surface area contributed by atoms with Crippen LogP contribution in [0.25, 0.3) is 0 Å². The van der Waals surface area contributed by atoms with Gasteiger partial charge in [0.2, 0.25) is 0 Å². The second-order valence-electron chi connectivity index (χ2n) is 3.06. The molecule has 1 aliphatic rings. The molecule has 0 aliphatic heterocycles. The quantitative estimate of drug-likeness (QED) is 0.694. The average Bonchev–Trinajstić information content (AvgIpc) is 2.01. The number of hydrogen-bond acceptors (Lipinski definition) is 2. The number of allylic oxidation sites excluding steroid dienone is 4. The van der Waals surface area contributed by atoms with Crippen LogP contribution in [0.15, 0.2) is 23.7 Å². The lowest BCUT2D eigenvalue weighted by atomic mass is 9.99. The summed E-state index contributed by atoms with van der Waals surface area (Å²) in [6, 6.07) is 0. The Morgan fingerprint density at radius 3 is 2.43 bits per heavy atom. The average molecular weight is 208 g/mol. The lowest BCUT2D eigenvalue weighted by Crippen LogP contribution is -2.16. The van der Waals surface area contributed by atoms with Crippen LogP contribution in [-0.4, -0.2) is 13.5 Å². The van der Waals surface area contributed by atoms with E-state index in [1.807, 2.05) is 0 Å². The Kier molecular flexibility index (Phi) is 3.08. The monoisotopic (exact) mass is 208 g/mol. The van der Waals surface area contributed by atoms with E-state index in [1.54, 1.807) is 6.92 Å². The molecule has 0 heterocycles. The Hall–Kier alpha value is -1.13. The van der Waals surface area contributed by atoms with Crippen molar-refractivity contribution in [3.05, 3.63) is 23.7 Å². The van der Waals surface area contributed by atoms with Crippen LogP contribution in [0.4, 0.5) is 13.2 Å². The maximum Gasteiger partial charge on any atom is 0.572 e. The summed E-state index contributed by atoms with van der Waals surface area (Å²) >= 11 is 0. The molecule has 0 spiro atoms. The Bertz CT molecular complexity index is 266. The topological polar surface area (TPSA) is 18.5 Å². The highest BCUT2D eigenvalue weighted by molar-refractivity contribution is 5.19. The number of hydrogen-bond donors (Lipinski definition) is 0. The summed E-state index contributed by atoms with van der Waals surface area (Å²) in [6.45, 7) is 1.78. The van der Waals surface area contributed by atoms with Crippen LogP contribution in [0.5, 0.6) is 0 Å². The van der Waals surface area contributed by atoms with Gasteiger partial charge >= 0.3 is 6.36 Å². The van der Waals surface area contributed by atoms with E-state index in [4.69, 9.17) is 4.74 Å². The van der Waals surface area contributed by atoms with Crippen LogP contribution in [0, 0.1) is 5.92 Å². The van der Waals surface area contributed by atoms with Crippen LogP contribution in [0.1, 0.15) is 13.3 Å². The summed E-state index contributed by atoms with van der Waals surface area (Å²) in [7, 11) is 1.49. The van der Waals surface area contributed by atoms with Gasteiger partial charge in [-0.2, -0.15) is 0 Å². The predicted octanol–water partition coefficient (Wildman–Crippen LogP) is 2.98. The highest BCUT2D eigenvalue weighted by Crippen LogP contribution is 2.30. The molecule has 1 rings (SSSR count). The maximum atomic E-state index is 11.8. The van der Waals surface area contributed by atoms with Gasteiger partial charge < -0.3 is 9.47 Å². The first-order chi connectivity index (χ1) is 6.42. The molecule has 0 saturated heterocycles. The van der Waals surface area contributed by atoms with E-state index in [0.717, 1.165) is 0 Å². The van der Waals surface area contributed by atoms with Gasteiger partial charge in [-0.15, -0.1) is 13.2 Å². The van der Waals surface area contributed by atoms with Crippen LogP contribution < -0.4 is 0 Å². The van der Waals surface area contributed by atoms with Gasteiger partial charge in [0.25, 0.3) is 0 Å². The molecule has 0 radical (unpaired) electrons. The smallest absolute Gasteiger partial charge is 0.501 e. The first-order valence-electron chi connectivity index (χ1n) is 4.13. The van der Waals surface area contributed by atoms with Gasteiger partial charge in [-0.3, -0.25) is 0 Å². The molecular formula is C9H11F3O2. The number of halogens is 3. The molecule has 0 aromatic rings. The van der Waals surface area contributed by atoms with Crippen LogP contribution in [-0.2, 0) is 9.47 Å². The lowest BCUT2D eigenvalue weighted by molar-refractivity contribution is -0.306. The summed E-state index contributed by atoms with van der Waals surface area (Å²) in [5, 5.41) is 0. The molecule has 0 N–H and O–H groups in total. The lowest BCUT2D eigenvalue weighted by Gasteiger charge is -2.21. The first kappa shape index (κ1) is 10.9. The molecule has 0 saturated carbocycles. The predicted molar refractivity (Wildman–Crippen MR) is 44.1 cm³/mol. The van der Waals surface area contributed by atoms with Gasteiger partial charge in [-0.05, 0) is 12.2 Å². The van der Waals surface area contributed by atoms with Crippen molar-refractivity contribution in [1.82, 2.24) is 0 Å². The Labute approximate surface area is 80.0 Å². The molecule has 0 aromatic carbocycles. The van der Waals surface area contributed by atoms with E-state index in [1.165, 1.54) is 19.3 Å². The maximum absolute atomic E-state index is 11.8. The van der Waals surface area contributed by atoms with Crippen molar-refractivity contribution in [2.45, 2.75) is 19.7 Å². The fourth-order valence-electron chi connectivity index (χ4n) is 1.30. The van der Waals surface area contributed by atoms with E-state index in [-0.39, 0.29) is 18.1 Å². The van der Waals surface area contributed by atoms with E-state index in [2.05, 4.69) is 4.74 Å². The van der Waals surface area contributed by atoms with Gasteiger partial charge in [0.05, 0.1) is 12.9 Å². The van der Waals surface area contributed by atoms with Crippen molar-refractivity contribution < 1.29 is 22.6 Å². The summed E-state index contributed by atoms with van der Waals surface area (Å²) in [4.78, 5) is 0. The van der Waals surface area contributed by atoms with Crippen molar-refractivity contribution in [3.63, 3.8) is 0 Å². The fraction of sp³-hybridized carbons (Fsp3) is 0.556. The molecule has 80 valence electrons. The molecule has 1 atom stereocenters. The van der Waals surface area contributed by atoms with Crippen molar-refractivity contribution in [2.75, 3.05) is 7.11 Å². The Morgan fingerprint density at radius 1 is 1.36 bits per heavy atom. The van der Waals surface area contributed by atoms with Crippen LogP contribution in [0.3, 0.4) is 0 Å². The second kappa shape index (κ2) is 3.94. The third-order valence-corrected chi connectivity index (χ3v) is 1.91. The Balaban J connectivity index is 2.67. The molecule has 14 heavy (non-hydrogen) atoms. The Morgan fingerprint density at radius 2 is 2.00 bits per heavy atom. The van der Waals surface area contributed by atoms with Crippen molar-refractivity contribution in [2.24, 2.45) is 5.92 Å². The summed E-state index contributed by atoms with van der Waals surface area (Å²) in [6.07, 6.45) is -1.62. The van der Waals surface area contributed by atoms with Gasteiger partial charge in [-0.1, -0.05) is 6.92 Å². The third kappa shape index (κ3) is 2.97. The van der Waals surface area contributed by atoms with Crippen molar-refractivity contribution in [1.29, 1.82) is 0 Å². The molecule has 2 nitrogen and oxygen atoms in total. The van der Waals surface area contributed by atoms with E-state index in [0.29, 0.717) is 5.76 Å². The number of methoxy groups -OCH3 is 1. The van der Waals surface area contributed by atoms with Gasteiger partial charge in [0.1, 0.15) is 5.76 Å². The zero-order valence-electron chi connectivity index (χ0n) is 7.89. The SMILES string of the molecule is COC1=CC=C(OC(F)(F)F)CC1C. The summed E-state index contributed by atoms with van der Waals surface area (Å²) in [5.41, 5.74) is 0. The minimum atomic E-state index is -4.61. The molecule has 0 amide bonds. The first-order valence-corrected chi connectivity index (χ1v) is 4.13. The van der Waals surface area contributed by atoms with E-state index >= 15 is 0 Å². The molecule has 0 aromatic heterocycles. The van der Waals surface area contributed by atoms with Crippen LogP contribution >= 0.6 is 0 Å². The molecule has 1 unspecified atom stereocenters. The minimum absolute atomic E-state index is 0.0780. The zero-order valence-corrected chi connectivity index (χ0v) is 7.89. The molecule has 0 bridgehead atoms. The van der Waals surface area contributed by atoms with E-state index in [9.17, 15) is 13.2 Å². The summed E-state index contributed by atoms with van der Waals surface area (Å²) in [5.74, 6) is 0.507. The third-order valence-electron chi connectivity index (χ3n) is 1.91. The number of alkyl halides is 3. The summed E-state index contributed by atoms with van der Waals surface area (Å²) < 4.78 is 44.3.